The summed E-state index contributed by atoms with van der Waals surface area (Å²) in [5.41, 5.74) is 5.05. The van der Waals surface area contributed by atoms with E-state index in [1.807, 2.05) is 0 Å². The van der Waals surface area contributed by atoms with Crippen LogP contribution in [0.5, 0.6) is 0 Å². The lowest BCUT2D eigenvalue weighted by Crippen LogP contribution is -2.32. The molecular weight excluding hydrogens is 368 g/mol. The Morgan fingerprint density at radius 2 is 1.76 bits per heavy atom. The maximum atomic E-state index is 2.61. The van der Waals surface area contributed by atoms with Crippen LogP contribution in [0.3, 0.4) is 0 Å². The average Bonchev–Trinajstić information content (AvgIpc) is 3.12. The fraction of sp³-hybridized carbons (Fsp3) is 0.571. The fourth-order valence-corrected chi connectivity index (χ4v) is 6.43. The van der Waals surface area contributed by atoms with E-state index in [1.165, 1.54) is 17.6 Å². The van der Waals surface area contributed by atoms with Crippen molar-refractivity contribution in [3.05, 3.63) is 63.4 Å². The molecular formula is C28H40S. The molecule has 2 aliphatic rings. The van der Waals surface area contributed by atoms with E-state index in [-0.39, 0.29) is 10.8 Å². The van der Waals surface area contributed by atoms with Crippen LogP contribution >= 0.6 is 11.8 Å². The maximum Gasteiger partial charge on any atom is 0.0195 e. The Kier molecular flexibility index (Phi) is 6.59. The van der Waals surface area contributed by atoms with Gasteiger partial charge in [0.1, 0.15) is 0 Å². The van der Waals surface area contributed by atoms with Crippen molar-refractivity contribution < 1.29 is 0 Å². The minimum absolute atomic E-state index is 0.255. The molecule has 1 heterocycles. The molecule has 1 aliphatic heterocycles. The summed E-state index contributed by atoms with van der Waals surface area (Å²) in [6.45, 7) is 19.3. The van der Waals surface area contributed by atoms with E-state index in [1.54, 1.807) is 15.4 Å². The Bertz CT molecular complexity index is 823. The molecule has 3 rings (SSSR count). The van der Waals surface area contributed by atoms with Gasteiger partial charge in [-0.05, 0) is 63.0 Å². The zero-order valence-corrected chi connectivity index (χ0v) is 20.6. The molecule has 1 aromatic carbocycles. The van der Waals surface area contributed by atoms with E-state index in [4.69, 9.17) is 0 Å². The quantitative estimate of drug-likeness (QED) is 0.452. The summed E-state index contributed by atoms with van der Waals surface area (Å²) in [7, 11) is 0. The van der Waals surface area contributed by atoms with Gasteiger partial charge in [-0.15, -0.1) is 0 Å². The van der Waals surface area contributed by atoms with Crippen molar-refractivity contribution in [1.82, 2.24) is 0 Å². The van der Waals surface area contributed by atoms with Crippen LogP contribution in [0.2, 0.25) is 0 Å². The first-order valence-electron chi connectivity index (χ1n) is 11.5. The molecule has 0 radical (unpaired) electrons. The highest BCUT2D eigenvalue weighted by Crippen LogP contribution is 2.60. The van der Waals surface area contributed by atoms with Crippen molar-refractivity contribution in [2.24, 2.45) is 28.6 Å². The fourth-order valence-electron chi connectivity index (χ4n) is 4.88. The second-order valence-corrected chi connectivity index (χ2v) is 11.5. The third-order valence-corrected chi connectivity index (χ3v) is 9.38. The highest BCUT2D eigenvalue weighted by Gasteiger charge is 2.43. The molecule has 1 aromatic rings. The Morgan fingerprint density at radius 3 is 2.31 bits per heavy atom. The molecule has 0 amide bonds. The minimum atomic E-state index is 0.255. The topological polar surface area (TPSA) is 0 Å². The zero-order chi connectivity index (χ0) is 21.4. The monoisotopic (exact) mass is 408 g/mol. The Morgan fingerprint density at radius 1 is 1.10 bits per heavy atom. The van der Waals surface area contributed by atoms with Crippen molar-refractivity contribution in [2.75, 3.05) is 0 Å². The average molecular weight is 409 g/mol. The van der Waals surface area contributed by atoms with E-state index >= 15 is 0 Å². The predicted molar refractivity (Wildman–Crippen MR) is 132 cm³/mol. The third kappa shape index (κ3) is 4.18. The van der Waals surface area contributed by atoms with Gasteiger partial charge in [0.25, 0.3) is 0 Å². The van der Waals surface area contributed by atoms with Gasteiger partial charge < -0.3 is 0 Å². The smallest absolute Gasteiger partial charge is 0.0195 e. The molecule has 0 aromatic heterocycles. The molecule has 0 bridgehead atoms. The first kappa shape index (κ1) is 22.5. The Balaban J connectivity index is 2.06. The largest absolute Gasteiger partial charge is 0.0939 e. The first-order chi connectivity index (χ1) is 13.6. The Hall–Kier alpha value is -1.21. The van der Waals surface area contributed by atoms with Crippen LogP contribution < -0.4 is 0 Å². The lowest BCUT2D eigenvalue weighted by atomic mass is 9.62. The van der Waals surface area contributed by atoms with E-state index in [0.29, 0.717) is 17.8 Å². The minimum Gasteiger partial charge on any atom is -0.0939 e. The van der Waals surface area contributed by atoms with Crippen LogP contribution in [0.4, 0.5) is 0 Å². The molecule has 0 saturated carbocycles. The van der Waals surface area contributed by atoms with Gasteiger partial charge >= 0.3 is 0 Å². The van der Waals surface area contributed by atoms with Crippen molar-refractivity contribution in [3.8, 4) is 0 Å². The molecule has 0 saturated heterocycles. The summed E-state index contributed by atoms with van der Waals surface area (Å²) in [6, 6.07) is 11.0. The first-order valence-corrected chi connectivity index (χ1v) is 12.3. The molecule has 3 unspecified atom stereocenters. The number of benzene rings is 1. The van der Waals surface area contributed by atoms with Gasteiger partial charge in [0.15, 0.2) is 0 Å². The SMILES string of the molecule is CCC(C)(/C=C1\CC2=C(S1)C(c1ccccc1)=CCC2(C)C(C)C(C)C)C(C)C. The molecule has 29 heavy (non-hydrogen) atoms. The van der Waals surface area contributed by atoms with E-state index < -0.39 is 0 Å². The summed E-state index contributed by atoms with van der Waals surface area (Å²) >= 11 is 2.06. The summed E-state index contributed by atoms with van der Waals surface area (Å²) in [6.07, 6.45) is 8.63. The lowest BCUT2D eigenvalue weighted by Gasteiger charge is -2.42. The van der Waals surface area contributed by atoms with Gasteiger partial charge in [-0.3, -0.25) is 0 Å². The number of rotatable bonds is 6. The number of thioether (sulfide) groups is 1. The van der Waals surface area contributed by atoms with Crippen LogP contribution in [-0.4, -0.2) is 0 Å². The van der Waals surface area contributed by atoms with Crippen molar-refractivity contribution in [2.45, 2.75) is 74.7 Å². The standard InChI is InChI=1S/C28H40S/c1-9-27(7,20(4)5)18-23-17-25-26(29-23)24(22-13-11-10-12-14-22)15-16-28(25,8)21(6)19(2)3/h10-15,18-21H,9,16-17H2,1-8H3/b23-18+. The molecule has 0 spiro atoms. The van der Waals surface area contributed by atoms with Crippen molar-refractivity contribution in [1.29, 1.82) is 0 Å². The van der Waals surface area contributed by atoms with Gasteiger partial charge in [-0.25, -0.2) is 0 Å². The highest BCUT2D eigenvalue weighted by atomic mass is 32.2. The predicted octanol–water partition coefficient (Wildman–Crippen LogP) is 9.12. The third-order valence-electron chi connectivity index (χ3n) is 8.18. The molecule has 1 heteroatoms. The van der Waals surface area contributed by atoms with Gasteiger partial charge in [0.05, 0.1) is 0 Å². The lowest BCUT2D eigenvalue weighted by molar-refractivity contribution is 0.193. The van der Waals surface area contributed by atoms with Crippen LogP contribution in [0.25, 0.3) is 5.57 Å². The van der Waals surface area contributed by atoms with E-state index in [9.17, 15) is 0 Å². The second kappa shape index (κ2) is 8.50. The summed E-state index contributed by atoms with van der Waals surface area (Å²) in [5.74, 6) is 2.02. The number of allylic oxidation sites excluding steroid dienone is 5. The maximum absolute atomic E-state index is 2.61. The number of hydrogen-bond donors (Lipinski definition) is 0. The summed E-state index contributed by atoms with van der Waals surface area (Å²) in [5, 5.41) is 0. The van der Waals surface area contributed by atoms with Crippen LogP contribution in [0.1, 0.15) is 80.2 Å². The van der Waals surface area contributed by atoms with Crippen LogP contribution in [0, 0.1) is 28.6 Å². The van der Waals surface area contributed by atoms with Crippen LogP contribution in [0.15, 0.2) is 57.9 Å². The highest BCUT2D eigenvalue weighted by molar-refractivity contribution is 8.07. The summed E-state index contributed by atoms with van der Waals surface area (Å²) < 4.78 is 0. The van der Waals surface area contributed by atoms with E-state index in [0.717, 1.165) is 12.8 Å². The molecule has 0 N–H and O–H groups in total. The van der Waals surface area contributed by atoms with Gasteiger partial charge in [0, 0.05) is 11.3 Å². The van der Waals surface area contributed by atoms with Crippen LogP contribution in [-0.2, 0) is 0 Å². The zero-order valence-electron chi connectivity index (χ0n) is 19.8. The molecule has 3 atom stereocenters. The van der Waals surface area contributed by atoms with Gasteiger partial charge in [0.2, 0.25) is 0 Å². The number of hydrogen-bond acceptors (Lipinski definition) is 1. The molecule has 0 nitrogen and oxygen atoms in total. The molecule has 158 valence electrons. The Labute approximate surface area is 184 Å². The second-order valence-electron chi connectivity index (χ2n) is 10.3. The van der Waals surface area contributed by atoms with E-state index in [2.05, 4.69) is 110 Å². The van der Waals surface area contributed by atoms with Gasteiger partial charge in [-0.2, -0.15) is 0 Å². The summed E-state index contributed by atoms with van der Waals surface area (Å²) in [4.78, 5) is 3.12. The normalized spacial score (nSPS) is 26.7. The van der Waals surface area contributed by atoms with Crippen molar-refractivity contribution in [3.63, 3.8) is 0 Å². The molecule has 0 fully saturated rings. The van der Waals surface area contributed by atoms with Gasteiger partial charge in [-0.1, -0.05) is 110 Å². The molecule has 1 aliphatic carbocycles. The van der Waals surface area contributed by atoms with Crippen molar-refractivity contribution >= 4 is 17.3 Å².